The molecule has 3 rings (SSSR count). The highest BCUT2D eigenvalue weighted by Crippen LogP contribution is 2.47. The summed E-state index contributed by atoms with van der Waals surface area (Å²) in [5, 5.41) is 11.1. The van der Waals surface area contributed by atoms with Gasteiger partial charge < -0.3 is 14.4 Å². The molecule has 0 aromatic heterocycles. The number of methoxy groups -OCH3 is 2. The number of esters is 1. The first kappa shape index (κ1) is 21.1. The molecular formula is C21H28N2O6. The maximum atomic E-state index is 12.9. The summed E-state index contributed by atoms with van der Waals surface area (Å²) in [7, 11) is 2.91. The van der Waals surface area contributed by atoms with Crippen molar-refractivity contribution in [3.8, 4) is 5.75 Å². The Morgan fingerprint density at radius 1 is 1.38 bits per heavy atom. The summed E-state index contributed by atoms with van der Waals surface area (Å²) in [6, 6.07) is 4.78. The molecule has 1 saturated heterocycles. The first-order valence-electron chi connectivity index (χ1n) is 9.91. The zero-order chi connectivity index (χ0) is 21.3. The second-order valence-corrected chi connectivity index (χ2v) is 8.18. The molecule has 1 saturated carbocycles. The number of rotatable bonds is 7. The Bertz CT molecular complexity index is 810. The fourth-order valence-electron chi connectivity index (χ4n) is 5.08. The van der Waals surface area contributed by atoms with Crippen LogP contribution in [-0.4, -0.2) is 54.5 Å². The smallest absolute Gasteiger partial charge is 0.328 e. The predicted octanol–water partition coefficient (Wildman–Crippen LogP) is 2.24. The quantitative estimate of drug-likeness (QED) is 0.393. The number of hydrogen-bond acceptors (Lipinski definition) is 6. The molecule has 5 atom stereocenters. The van der Waals surface area contributed by atoms with Crippen LogP contribution in [0.4, 0.5) is 0 Å². The van der Waals surface area contributed by atoms with E-state index >= 15 is 0 Å². The molecule has 1 aromatic carbocycles. The first-order chi connectivity index (χ1) is 13.8. The van der Waals surface area contributed by atoms with Crippen molar-refractivity contribution in [1.82, 2.24) is 4.90 Å². The number of benzene rings is 1. The fourth-order valence-corrected chi connectivity index (χ4v) is 5.08. The van der Waals surface area contributed by atoms with Crippen molar-refractivity contribution in [3.63, 3.8) is 0 Å². The Balaban J connectivity index is 1.88. The summed E-state index contributed by atoms with van der Waals surface area (Å²) in [4.78, 5) is 38.0. The van der Waals surface area contributed by atoms with Gasteiger partial charge in [-0.15, -0.1) is 0 Å². The van der Waals surface area contributed by atoms with Gasteiger partial charge in [0.15, 0.2) is 0 Å². The minimum absolute atomic E-state index is 0.0948. The second kappa shape index (κ2) is 8.39. The molecule has 1 heterocycles. The van der Waals surface area contributed by atoms with Gasteiger partial charge >= 0.3 is 5.97 Å². The van der Waals surface area contributed by atoms with Crippen LogP contribution in [0.5, 0.6) is 5.75 Å². The van der Waals surface area contributed by atoms with Crippen LogP contribution < -0.4 is 4.74 Å². The van der Waals surface area contributed by atoms with E-state index in [9.17, 15) is 19.7 Å². The van der Waals surface area contributed by atoms with Gasteiger partial charge in [0.2, 0.25) is 12.5 Å². The van der Waals surface area contributed by atoms with Crippen molar-refractivity contribution in [1.29, 1.82) is 0 Å². The first-order valence-corrected chi connectivity index (χ1v) is 9.91. The van der Waals surface area contributed by atoms with Crippen LogP contribution in [0, 0.1) is 34.8 Å². The Labute approximate surface area is 170 Å². The highest BCUT2D eigenvalue weighted by molar-refractivity contribution is 5.87. The summed E-state index contributed by atoms with van der Waals surface area (Å²) in [6.07, 6.45) is 1.23. The number of nitrogens with zero attached hydrogens (tertiary/aromatic N) is 2. The zero-order valence-corrected chi connectivity index (χ0v) is 17.3. The molecule has 1 aliphatic heterocycles. The van der Waals surface area contributed by atoms with Crippen LogP contribution in [0.3, 0.4) is 0 Å². The van der Waals surface area contributed by atoms with Crippen molar-refractivity contribution in [2.45, 2.75) is 45.2 Å². The summed E-state index contributed by atoms with van der Waals surface area (Å²) in [6.45, 7) is 3.79. The van der Waals surface area contributed by atoms with Gasteiger partial charge in [0.05, 0.1) is 14.2 Å². The van der Waals surface area contributed by atoms with Gasteiger partial charge in [-0.2, -0.15) is 0 Å². The lowest BCUT2D eigenvalue weighted by Gasteiger charge is -2.31. The monoisotopic (exact) mass is 404 g/mol. The highest BCUT2D eigenvalue weighted by atomic mass is 16.6. The molecule has 0 radical (unpaired) electrons. The molecule has 0 bridgehead atoms. The Morgan fingerprint density at radius 2 is 2.10 bits per heavy atom. The van der Waals surface area contributed by atoms with Crippen LogP contribution in [0.25, 0.3) is 0 Å². The molecule has 2 fully saturated rings. The third-order valence-corrected chi connectivity index (χ3v) is 6.51. The van der Waals surface area contributed by atoms with E-state index in [-0.39, 0.29) is 47.6 Å². The minimum atomic E-state index is -0.753. The van der Waals surface area contributed by atoms with Gasteiger partial charge in [0.25, 0.3) is 0 Å². The van der Waals surface area contributed by atoms with E-state index in [1.165, 1.54) is 7.11 Å². The Morgan fingerprint density at radius 3 is 2.72 bits per heavy atom. The van der Waals surface area contributed by atoms with Gasteiger partial charge in [0.1, 0.15) is 11.8 Å². The largest absolute Gasteiger partial charge is 0.496 e. The predicted molar refractivity (Wildman–Crippen MR) is 105 cm³/mol. The van der Waals surface area contributed by atoms with Crippen molar-refractivity contribution in [3.05, 3.63) is 39.4 Å². The Hall–Kier alpha value is -2.64. The van der Waals surface area contributed by atoms with Gasteiger partial charge in [0, 0.05) is 29.7 Å². The van der Waals surface area contributed by atoms with Crippen LogP contribution in [0.2, 0.25) is 0 Å². The maximum Gasteiger partial charge on any atom is 0.328 e. The van der Waals surface area contributed by atoms with Crippen LogP contribution >= 0.6 is 0 Å². The average Bonchev–Trinajstić information content (AvgIpc) is 3.14. The van der Waals surface area contributed by atoms with Crippen LogP contribution in [0.1, 0.15) is 30.9 Å². The van der Waals surface area contributed by atoms with Crippen molar-refractivity contribution < 1.29 is 24.0 Å². The Kier molecular flexibility index (Phi) is 6.10. The van der Waals surface area contributed by atoms with E-state index < -0.39 is 12.0 Å². The van der Waals surface area contributed by atoms with Gasteiger partial charge in [-0.05, 0) is 42.4 Å². The fraction of sp³-hybridized carbons (Fsp3) is 0.619. The number of amides is 1. The number of hydrogen-bond donors (Lipinski definition) is 0. The molecule has 2 aliphatic rings. The van der Waals surface area contributed by atoms with Crippen LogP contribution in [0.15, 0.2) is 18.2 Å². The normalized spacial score (nSPS) is 26.9. The van der Waals surface area contributed by atoms with Crippen molar-refractivity contribution in [2.24, 2.45) is 17.8 Å². The van der Waals surface area contributed by atoms with Gasteiger partial charge in [-0.1, -0.05) is 19.1 Å². The van der Waals surface area contributed by atoms with Gasteiger partial charge in [-0.3, -0.25) is 14.9 Å². The number of aryl methyl sites for hydroxylation is 1. The number of carbonyl (C=O) groups is 2. The van der Waals surface area contributed by atoms with E-state index in [1.54, 1.807) is 12.0 Å². The SMILES string of the molecule is COC(=O)[C@H](Cc1ccc(C)c(OC)c1)N1C(=O)CC2C1C[C@H](C)[C@H]2C[N+](=O)[O-]. The average molecular weight is 404 g/mol. The number of carbonyl (C=O) groups excluding carboxylic acids is 2. The maximum absolute atomic E-state index is 12.9. The summed E-state index contributed by atoms with van der Waals surface area (Å²) < 4.78 is 10.4. The molecule has 0 spiro atoms. The summed E-state index contributed by atoms with van der Waals surface area (Å²) in [5.74, 6) is 0.00372. The second-order valence-electron chi connectivity index (χ2n) is 8.18. The molecule has 8 heteroatoms. The molecule has 0 N–H and O–H groups in total. The van der Waals surface area contributed by atoms with E-state index in [4.69, 9.17) is 9.47 Å². The summed E-state index contributed by atoms with van der Waals surface area (Å²) in [5.41, 5.74) is 1.85. The lowest BCUT2D eigenvalue weighted by atomic mass is 9.89. The molecule has 1 aliphatic carbocycles. The lowest BCUT2D eigenvalue weighted by molar-refractivity contribution is -0.490. The van der Waals surface area contributed by atoms with Crippen molar-refractivity contribution >= 4 is 11.9 Å². The number of ether oxygens (including phenoxy) is 2. The highest BCUT2D eigenvalue weighted by Gasteiger charge is 2.55. The molecule has 8 nitrogen and oxygen atoms in total. The zero-order valence-electron chi connectivity index (χ0n) is 17.3. The molecule has 2 unspecified atom stereocenters. The van der Waals surface area contributed by atoms with Crippen molar-refractivity contribution in [2.75, 3.05) is 20.8 Å². The number of fused-ring (bicyclic) bond motifs is 1. The molecule has 1 aromatic rings. The molecule has 158 valence electrons. The molecule has 1 amide bonds. The van der Waals surface area contributed by atoms with E-state index in [0.717, 1.165) is 16.9 Å². The standard InChI is InChI=1S/C21H28N2O6/c1-12-5-6-14(9-19(12)28-3)8-18(21(25)29-4)23-17-7-13(2)16(11-22(26)27)15(17)10-20(23)24/h5-6,9,13,15-18H,7-8,10-11H2,1-4H3/t13-,15?,16+,17?,18-/m0/s1. The van der Waals surface area contributed by atoms with E-state index in [2.05, 4.69) is 0 Å². The molecular weight excluding hydrogens is 376 g/mol. The number of likely N-dealkylation sites (tertiary alicyclic amines) is 1. The third-order valence-electron chi connectivity index (χ3n) is 6.51. The van der Waals surface area contributed by atoms with E-state index in [1.807, 2.05) is 32.0 Å². The lowest BCUT2D eigenvalue weighted by Crippen LogP contribution is -2.48. The van der Waals surface area contributed by atoms with E-state index in [0.29, 0.717) is 12.8 Å². The topological polar surface area (TPSA) is 99.0 Å². The summed E-state index contributed by atoms with van der Waals surface area (Å²) >= 11 is 0. The van der Waals surface area contributed by atoms with Gasteiger partial charge in [-0.25, -0.2) is 4.79 Å². The third kappa shape index (κ3) is 4.06. The van der Waals surface area contributed by atoms with Crippen LogP contribution in [-0.2, 0) is 20.7 Å². The minimum Gasteiger partial charge on any atom is -0.496 e. The number of nitro groups is 1. The molecule has 29 heavy (non-hydrogen) atoms.